The van der Waals surface area contributed by atoms with E-state index in [1.165, 1.54) is 6.92 Å². The molecule has 0 bridgehead atoms. The van der Waals surface area contributed by atoms with Gasteiger partial charge in [-0.25, -0.2) is 9.79 Å². The molecule has 0 saturated carbocycles. The normalized spacial score (nSPS) is 18.3. The predicted molar refractivity (Wildman–Crippen MR) is 121 cm³/mol. The fourth-order valence-corrected chi connectivity index (χ4v) is 3.99. The summed E-state index contributed by atoms with van der Waals surface area (Å²) in [4.78, 5) is 33.0. The Kier molecular flexibility index (Phi) is 6.26. The fraction of sp³-hybridized carbons (Fsp3) is 0.261. The van der Waals surface area contributed by atoms with Crippen molar-refractivity contribution in [2.24, 2.45) is 4.99 Å². The number of hydrogen-bond donors (Lipinski definition) is 2. The summed E-state index contributed by atoms with van der Waals surface area (Å²) in [6, 6.07) is 13.3. The van der Waals surface area contributed by atoms with Crippen molar-refractivity contribution in [2.45, 2.75) is 25.2 Å². The first-order valence-corrected chi connectivity index (χ1v) is 10.8. The van der Waals surface area contributed by atoms with Crippen LogP contribution in [-0.2, 0) is 16.0 Å². The summed E-state index contributed by atoms with van der Waals surface area (Å²) in [6.07, 6.45) is -4.67. The minimum absolute atomic E-state index is 0.117. The SMILES string of the molecule is CCOC(=O)NC1(C(F)(F)F)N=C(c2ccccc2)N(CCc2c[nH]c3ccc(Cl)cc23)C1=O. The van der Waals surface area contributed by atoms with Crippen molar-refractivity contribution in [3.63, 3.8) is 0 Å². The summed E-state index contributed by atoms with van der Waals surface area (Å²) < 4.78 is 47.4. The lowest BCUT2D eigenvalue weighted by atomic mass is 10.1. The molecule has 1 aliphatic rings. The van der Waals surface area contributed by atoms with Crippen LogP contribution in [0.4, 0.5) is 18.0 Å². The number of carbonyl (C=O) groups is 2. The van der Waals surface area contributed by atoms with Gasteiger partial charge in [0.1, 0.15) is 5.84 Å². The van der Waals surface area contributed by atoms with E-state index in [-0.39, 0.29) is 25.4 Å². The molecule has 0 fully saturated rings. The molecule has 2 heterocycles. The Morgan fingerprint density at radius 3 is 2.65 bits per heavy atom. The lowest BCUT2D eigenvalue weighted by Gasteiger charge is -2.28. The zero-order valence-electron chi connectivity index (χ0n) is 17.9. The molecule has 1 aliphatic heterocycles. The standard InChI is InChI=1S/C23H20ClF3N4O3/c1-2-34-21(33)30-22(23(25,26)27)20(32)31(19(29-22)14-6-4-3-5-7-14)11-10-15-13-28-18-9-8-16(24)12-17(15)18/h3-9,12-13,28H,2,10-11H2,1H3,(H,30,33). The van der Waals surface area contributed by atoms with Gasteiger partial charge >= 0.3 is 17.9 Å². The third-order valence-corrected chi connectivity index (χ3v) is 5.65. The number of hydrogen-bond acceptors (Lipinski definition) is 4. The first kappa shape index (κ1) is 23.6. The van der Waals surface area contributed by atoms with Crippen molar-refractivity contribution >= 4 is 40.3 Å². The Bertz CT molecular complexity index is 1260. The van der Waals surface area contributed by atoms with Crippen molar-refractivity contribution in [1.82, 2.24) is 15.2 Å². The monoisotopic (exact) mass is 492 g/mol. The Hall–Kier alpha value is -3.53. The number of halogens is 4. The summed E-state index contributed by atoms with van der Waals surface area (Å²) in [5.74, 6) is -1.61. The second kappa shape index (κ2) is 9.02. The lowest BCUT2D eigenvalue weighted by molar-refractivity contribution is -0.196. The van der Waals surface area contributed by atoms with E-state index in [2.05, 4.69) is 14.7 Å². The fourth-order valence-electron chi connectivity index (χ4n) is 3.82. The average Bonchev–Trinajstić information content (AvgIpc) is 3.31. The largest absolute Gasteiger partial charge is 0.450 e. The van der Waals surface area contributed by atoms with Gasteiger partial charge in [0.2, 0.25) is 0 Å². The predicted octanol–water partition coefficient (Wildman–Crippen LogP) is 4.66. The van der Waals surface area contributed by atoms with Crippen LogP contribution < -0.4 is 5.32 Å². The van der Waals surface area contributed by atoms with E-state index in [1.807, 2.05) is 0 Å². The topological polar surface area (TPSA) is 86.8 Å². The second-order valence-electron chi connectivity index (χ2n) is 7.57. The van der Waals surface area contributed by atoms with Crippen LogP contribution in [0.2, 0.25) is 5.02 Å². The summed E-state index contributed by atoms with van der Waals surface area (Å²) in [7, 11) is 0. The van der Waals surface area contributed by atoms with Crippen LogP contribution >= 0.6 is 11.6 Å². The maximum Gasteiger partial charge on any atom is 0.442 e. The molecule has 1 atom stereocenters. The van der Waals surface area contributed by atoms with E-state index < -0.39 is 23.8 Å². The number of rotatable bonds is 6. The number of aromatic amines is 1. The lowest BCUT2D eigenvalue weighted by Crippen LogP contribution is -2.63. The molecule has 1 unspecified atom stereocenters. The average molecular weight is 493 g/mol. The van der Waals surface area contributed by atoms with Gasteiger partial charge in [-0.3, -0.25) is 15.0 Å². The Morgan fingerprint density at radius 1 is 1.24 bits per heavy atom. The molecular weight excluding hydrogens is 473 g/mol. The maximum atomic E-state index is 14.3. The van der Waals surface area contributed by atoms with E-state index >= 15 is 0 Å². The number of alkyl carbamates (subject to hydrolysis) is 1. The number of carbonyl (C=O) groups excluding carboxylic acids is 2. The Morgan fingerprint density at radius 2 is 1.97 bits per heavy atom. The molecule has 0 aliphatic carbocycles. The first-order chi connectivity index (χ1) is 16.2. The van der Waals surface area contributed by atoms with Crippen LogP contribution in [-0.4, -0.2) is 52.7 Å². The van der Waals surface area contributed by atoms with Gasteiger partial charge in [-0.15, -0.1) is 0 Å². The number of ether oxygens (including phenoxy) is 1. The highest BCUT2D eigenvalue weighted by atomic mass is 35.5. The van der Waals surface area contributed by atoms with E-state index in [0.29, 0.717) is 10.6 Å². The van der Waals surface area contributed by atoms with Gasteiger partial charge < -0.3 is 9.72 Å². The second-order valence-corrected chi connectivity index (χ2v) is 8.00. The molecule has 3 aromatic rings. The third-order valence-electron chi connectivity index (χ3n) is 5.42. The van der Waals surface area contributed by atoms with Crippen LogP contribution in [0.5, 0.6) is 0 Å². The molecule has 0 saturated heterocycles. The van der Waals surface area contributed by atoms with Crippen molar-refractivity contribution in [1.29, 1.82) is 0 Å². The van der Waals surface area contributed by atoms with E-state index in [4.69, 9.17) is 11.6 Å². The summed E-state index contributed by atoms with van der Waals surface area (Å²) in [5.41, 5.74) is -1.62. The molecule has 4 rings (SSSR count). The van der Waals surface area contributed by atoms with Gasteiger partial charge in [0.25, 0.3) is 5.91 Å². The number of aromatic nitrogens is 1. The van der Waals surface area contributed by atoms with Gasteiger partial charge in [0.05, 0.1) is 6.61 Å². The zero-order valence-corrected chi connectivity index (χ0v) is 18.7. The number of aliphatic imine (C=N–C) groups is 1. The summed E-state index contributed by atoms with van der Waals surface area (Å²) >= 11 is 6.09. The van der Waals surface area contributed by atoms with E-state index in [9.17, 15) is 22.8 Å². The Labute approximate surface area is 197 Å². The van der Waals surface area contributed by atoms with Crippen LogP contribution in [0.3, 0.4) is 0 Å². The minimum atomic E-state index is -5.21. The smallest absolute Gasteiger partial charge is 0.442 e. The minimum Gasteiger partial charge on any atom is -0.450 e. The van der Waals surface area contributed by atoms with Crippen molar-refractivity contribution in [3.05, 3.63) is 70.9 Å². The van der Waals surface area contributed by atoms with Gasteiger partial charge in [-0.2, -0.15) is 13.2 Å². The van der Waals surface area contributed by atoms with Crippen molar-refractivity contribution in [2.75, 3.05) is 13.2 Å². The molecule has 2 aromatic carbocycles. The highest BCUT2D eigenvalue weighted by molar-refractivity contribution is 6.31. The highest BCUT2D eigenvalue weighted by Crippen LogP contribution is 2.38. The van der Waals surface area contributed by atoms with Gasteiger partial charge in [-0.1, -0.05) is 41.9 Å². The molecule has 178 valence electrons. The molecule has 0 radical (unpaired) electrons. The number of nitrogens with one attached hydrogen (secondary N) is 2. The number of benzene rings is 2. The molecule has 7 nitrogen and oxygen atoms in total. The van der Waals surface area contributed by atoms with Crippen molar-refractivity contribution < 1.29 is 27.5 Å². The number of amidine groups is 1. The van der Waals surface area contributed by atoms with Crippen LogP contribution in [0.15, 0.2) is 59.7 Å². The molecule has 2 N–H and O–H groups in total. The first-order valence-electron chi connectivity index (χ1n) is 10.4. The van der Waals surface area contributed by atoms with E-state index in [1.54, 1.807) is 60.0 Å². The number of H-pyrrole nitrogens is 1. The Balaban J connectivity index is 1.73. The van der Waals surface area contributed by atoms with Crippen LogP contribution in [0.25, 0.3) is 10.9 Å². The highest BCUT2D eigenvalue weighted by Gasteiger charge is 2.67. The number of amides is 2. The summed E-state index contributed by atoms with van der Waals surface area (Å²) in [5, 5.41) is 2.96. The zero-order chi connectivity index (χ0) is 24.5. The van der Waals surface area contributed by atoms with Crippen LogP contribution in [0.1, 0.15) is 18.1 Å². The molecule has 11 heteroatoms. The molecule has 2 amide bonds. The van der Waals surface area contributed by atoms with Gasteiger partial charge in [0, 0.05) is 34.2 Å². The quantitative estimate of drug-likeness (QED) is 0.525. The molecular formula is C23H20ClF3N4O3. The van der Waals surface area contributed by atoms with Crippen LogP contribution in [0, 0.1) is 0 Å². The number of nitrogens with zero attached hydrogens (tertiary/aromatic N) is 2. The van der Waals surface area contributed by atoms with E-state index in [0.717, 1.165) is 21.4 Å². The number of fused-ring (bicyclic) bond motifs is 1. The maximum absolute atomic E-state index is 14.3. The van der Waals surface area contributed by atoms with Gasteiger partial charge in [0.15, 0.2) is 0 Å². The summed E-state index contributed by atoms with van der Waals surface area (Å²) in [6.45, 7) is 1.15. The molecule has 0 spiro atoms. The molecule has 1 aromatic heterocycles. The number of alkyl halides is 3. The third kappa shape index (κ3) is 4.21. The van der Waals surface area contributed by atoms with Gasteiger partial charge in [-0.05, 0) is 37.1 Å². The van der Waals surface area contributed by atoms with Crippen molar-refractivity contribution in [3.8, 4) is 0 Å². The molecule has 34 heavy (non-hydrogen) atoms.